The van der Waals surface area contributed by atoms with Gasteiger partial charge in [0.15, 0.2) is 11.5 Å². The number of fused-ring (bicyclic) bond motifs is 1. The lowest BCUT2D eigenvalue weighted by Crippen LogP contribution is -2.38. The van der Waals surface area contributed by atoms with Crippen molar-refractivity contribution < 1.29 is 9.47 Å². The summed E-state index contributed by atoms with van der Waals surface area (Å²) < 4.78 is 13.5. The van der Waals surface area contributed by atoms with Gasteiger partial charge in [-0.05, 0) is 12.1 Å². The third kappa shape index (κ3) is 2.71. The van der Waals surface area contributed by atoms with Crippen LogP contribution in [0.5, 0.6) is 11.5 Å². The van der Waals surface area contributed by atoms with Crippen molar-refractivity contribution in [1.82, 2.24) is 14.9 Å². The van der Waals surface area contributed by atoms with E-state index >= 15 is 0 Å². The first-order chi connectivity index (χ1) is 9.33. The molecule has 2 aromatic rings. The maximum absolute atomic E-state index is 5.87. The predicted molar refractivity (Wildman–Crippen MR) is 71.3 cm³/mol. The van der Waals surface area contributed by atoms with Crippen molar-refractivity contribution in [1.29, 1.82) is 0 Å². The normalized spacial score (nSPS) is 17.4. The molecule has 0 bridgehead atoms. The molecule has 1 aliphatic heterocycles. The number of nitrogens with zero attached hydrogens (tertiary/aromatic N) is 2. The number of hydrogen-bond acceptors (Lipinski definition) is 4. The van der Waals surface area contributed by atoms with Crippen LogP contribution < -0.4 is 14.8 Å². The molecule has 0 saturated heterocycles. The molecular formula is C14H17N3O2. The van der Waals surface area contributed by atoms with Crippen molar-refractivity contribution in [3.63, 3.8) is 0 Å². The molecule has 0 aliphatic carbocycles. The van der Waals surface area contributed by atoms with E-state index < -0.39 is 0 Å². The summed E-state index contributed by atoms with van der Waals surface area (Å²) in [7, 11) is 1.99. The molecule has 5 nitrogen and oxygen atoms in total. The highest BCUT2D eigenvalue weighted by molar-refractivity contribution is 5.40. The van der Waals surface area contributed by atoms with E-state index in [2.05, 4.69) is 10.3 Å². The van der Waals surface area contributed by atoms with Crippen molar-refractivity contribution in [3.05, 3.63) is 42.5 Å². The van der Waals surface area contributed by atoms with E-state index in [1.165, 1.54) is 0 Å². The number of hydrogen-bond donors (Lipinski definition) is 1. The molecule has 1 unspecified atom stereocenters. The molecule has 5 heteroatoms. The molecule has 2 heterocycles. The van der Waals surface area contributed by atoms with E-state index in [0.29, 0.717) is 6.61 Å². The zero-order valence-electron chi connectivity index (χ0n) is 10.9. The fraction of sp³-hybridized carbons (Fsp3) is 0.357. The minimum atomic E-state index is 0.0372. The van der Waals surface area contributed by atoms with Crippen LogP contribution in [0, 0.1) is 0 Å². The van der Waals surface area contributed by atoms with Gasteiger partial charge in [-0.2, -0.15) is 0 Å². The molecule has 1 N–H and O–H groups in total. The molecule has 1 aromatic heterocycles. The van der Waals surface area contributed by atoms with Gasteiger partial charge in [0.1, 0.15) is 18.5 Å². The summed E-state index contributed by atoms with van der Waals surface area (Å²) in [5.41, 5.74) is 0. The average Bonchev–Trinajstić information content (AvgIpc) is 2.84. The highest BCUT2D eigenvalue weighted by atomic mass is 16.6. The van der Waals surface area contributed by atoms with E-state index in [1.807, 2.05) is 42.1 Å². The first-order valence-electron chi connectivity index (χ1n) is 6.38. The smallest absolute Gasteiger partial charge is 0.161 e. The van der Waals surface area contributed by atoms with E-state index in [4.69, 9.17) is 9.47 Å². The second-order valence-electron chi connectivity index (χ2n) is 4.58. The number of ether oxygens (including phenoxy) is 2. The molecule has 100 valence electrons. The van der Waals surface area contributed by atoms with Crippen molar-refractivity contribution in [3.8, 4) is 11.5 Å². The summed E-state index contributed by atoms with van der Waals surface area (Å²) >= 11 is 0. The minimum Gasteiger partial charge on any atom is -0.486 e. The van der Waals surface area contributed by atoms with Crippen LogP contribution in [0.4, 0.5) is 0 Å². The number of para-hydroxylation sites is 2. The summed E-state index contributed by atoms with van der Waals surface area (Å²) in [5.74, 6) is 2.65. The molecule has 0 spiro atoms. The lowest BCUT2D eigenvalue weighted by atomic mass is 10.2. The highest BCUT2D eigenvalue weighted by Crippen LogP contribution is 2.30. The summed E-state index contributed by atoms with van der Waals surface area (Å²) in [4.78, 5) is 4.26. The molecule has 1 aliphatic rings. The van der Waals surface area contributed by atoms with E-state index in [9.17, 15) is 0 Å². The molecule has 1 atom stereocenters. The van der Waals surface area contributed by atoms with Crippen molar-refractivity contribution in [2.45, 2.75) is 12.6 Å². The largest absolute Gasteiger partial charge is 0.486 e. The van der Waals surface area contributed by atoms with E-state index in [1.54, 1.807) is 6.20 Å². The van der Waals surface area contributed by atoms with Crippen molar-refractivity contribution >= 4 is 0 Å². The van der Waals surface area contributed by atoms with Gasteiger partial charge in [-0.3, -0.25) is 0 Å². The van der Waals surface area contributed by atoms with Crippen molar-refractivity contribution in [2.24, 2.45) is 7.05 Å². The summed E-state index contributed by atoms with van der Waals surface area (Å²) in [6.07, 6.45) is 3.77. The Labute approximate surface area is 112 Å². The summed E-state index contributed by atoms with van der Waals surface area (Å²) in [5, 5.41) is 3.34. The number of benzene rings is 1. The zero-order chi connectivity index (χ0) is 13.1. The maximum Gasteiger partial charge on any atom is 0.161 e. The standard InChI is InChI=1S/C14H17N3O2/c1-17-7-6-16-14(17)9-15-8-11-10-18-12-4-2-3-5-13(12)19-11/h2-7,11,15H,8-10H2,1H3. The fourth-order valence-corrected chi connectivity index (χ4v) is 2.08. The minimum absolute atomic E-state index is 0.0372. The Morgan fingerprint density at radius 3 is 3.00 bits per heavy atom. The Balaban J connectivity index is 1.51. The number of aryl methyl sites for hydroxylation is 1. The van der Waals surface area contributed by atoms with Gasteiger partial charge in [0, 0.05) is 26.0 Å². The number of rotatable bonds is 4. The predicted octanol–water partition coefficient (Wildman–Crippen LogP) is 1.35. The first-order valence-corrected chi connectivity index (χ1v) is 6.38. The Bertz CT molecular complexity index is 553. The average molecular weight is 259 g/mol. The van der Waals surface area contributed by atoms with Crippen LogP contribution in [0.15, 0.2) is 36.7 Å². The third-order valence-electron chi connectivity index (χ3n) is 3.14. The SMILES string of the molecule is Cn1ccnc1CNCC1COc2ccccc2O1. The van der Waals surface area contributed by atoms with Gasteiger partial charge < -0.3 is 19.4 Å². The third-order valence-corrected chi connectivity index (χ3v) is 3.14. The molecule has 1 aromatic carbocycles. The topological polar surface area (TPSA) is 48.3 Å². The molecule has 3 rings (SSSR count). The molecular weight excluding hydrogens is 242 g/mol. The van der Waals surface area contributed by atoms with Crippen LogP contribution in [-0.4, -0.2) is 28.8 Å². The quantitative estimate of drug-likeness (QED) is 0.900. The Kier molecular flexibility index (Phi) is 3.37. The van der Waals surface area contributed by atoms with Crippen LogP contribution in [0.25, 0.3) is 0 Å². The van der Waals surface area contributed by atoms with Crippen LogP contribution in [0.1, 0.15) is 5.82 Å². The lowest BCUT2D eigenvalue weighted by molar-refractivity contribution is 0.0900. The van der Waals surface area contributed by atoms with Gasteiger partial charge in [-0.25, -0.2) is 4.98 Å². The Morgan fingerprint density at radius 1 is 1.37 bits per heavy atom. The first kappa shape index (κ1) is 12.0. The number of aromatic nitrogens is 2. The second-order valence-corrected chi connectivity index (χ2v) is 4.58. The maximum atomic E-state index is 5.87. The van der Waals surface area contributed by atoms with Gasteiger partial charge in [0.25, 0.3) is 0 Å². The van der Waals surface area contributed by atoms with Crippen LogP contribution in [-0.2, 0) is 13.6 Å². The molecule has 0 amide bonds. The van der Waals surface area contributed by atoms with E-state index in [-0.39, 0.29) is 6.10 Å². The molecule has 0 radical (unpaired) electrons. The van der Waals surface area contributed by atoms with Gasteiger partial charge >= 0.3 is 0 Å². The lowest BCUT2D eigenvalue weighted by Gasteiger charge is -2.26. The van der Waals surface area contributed by atoms with Crippen LogP contribution >= 0.6 is 0 Å². The van der Waals surface area contributed by atoms with E-state index in [0.717, 1.165) is 30.4 Å². The second kappa shape index (κ2) is 5.32. The number of nitrogens with one attached hydrogen (secondary N) is 1. The zero-order valence-corrected chi connectivity index (χ0v) is 10.9. The Hall–Kier alpha value is -2.01. The molecule has 19 heavy (non-hydrogen) atoms. The summed E-state index contributed by atoms with van der Waals surface area (Å²) in [6.45, 7) is 2.04. The molecule has 0 fully saturated rings. The monoisotopic (exact) mass is 259 g/mol. The van der Waals surface area contributed by atoms with Crippen LogP contribution in [0.2, 0.25) is 0 Å². The summed E-state index contributed by atoms with van der Waals surface area (Å²) in [6, 6.07) is 7.75. The molecule has 0 saturated carbocycles. The van der Waals surface area contributed by atoms with Gasteiger partial charge in [-0.15, -0.1) is 0 Å². The fourth-order valence-electron chi connectivity index (χ4n) is 2.08. The van der Waals surface area contributed by atoms with Gasteiger partial charge in [0.05, 0.1) is 6.54 Å². The van der Waals surface area contributed by atoms with Crippen molar-refractivity contribution in [2.75, 3.05) is 13.2 Å². The van der Waals surface area contributed by atoms with Gasteiger partial charge in [-0.1, -0.05) is 12.1 Å². The van der Waals surface area contributed by atoms with Crippen LogP contribution in [0.3, 0.4) is 0 Å². The highest BCUT2D eigenvalue weighted by Gasteiger charge is 2.19. The number of imidazole rings is 1. The van der Waals surface area contributed by atoms with Gasteiger partial charge in [0.2, 0.25) is 0 Å². The Morgan fingerprint density at radius 2 is 2.21 bits per heavy atom.